The van der Waals surface area contributed by atoms with Crippen molar-refractivity contribution in [2.45, 2.75) is 25.3 Å². The van der Waals surface area contributed by atoms with Gasteiger partial charge in [-0.1, -0.05) is 11.3 Å². The van der Waals surface area contributed by atoms with Crippen molar-refractivity contribution < 1.29 is 13.2 Å². The van der Waals surface area contributed by atoms with Crippen LogP contribution in [0.5, 0.6) is 0 Å². The molecular weight excluding hydrogens is 290 g/mol. The van der Waals surface area contributed by atoms with Gasteiger partial charge in [-0.15, -0.1) is 10.2 Å². The van der Waals surface area contributed by atoms with E-state index in [-0.39, 0.29) is 28.1 Å². The van der Waals surface area contributed by atoms with Gasteiger partial charge < -0.3 is 11.1 Å². The average molecular weight is 305 g/mol. The van der Waals surface area contributed by atoms with Crippen molar-refractivity contribution in [1.29, 1.82) is 0 Å². The summed E-state index contributed by atoms with van der Waals surface area (Å²) in [4.78, 5) is 11.9. The van der Waals surface area contributed by atoms with Crippen molar-refractivity contribution in [3.8, 4) is 0 Å². The molecule has 8 nitrogen and oxygen atoms in total. The van der Waals surface area contributed by atoms with Crippen molar-refractivity contribution in [3.63, 3.8) is 0 Å². The molecule has 1 saturated carbocycles. The van der Waals surface area contributed by atoms with E-state index in [9.17, 15) is 13.2 Å². The number of hydrogen-bond acceptors (Lipinski definition) is 7. The minimum Gasteiger partial charge on any atom is -0.328 e. The Morgan fingerprint density at radius 1 is 1.37 bits per heavy atom. The van der Waals surface area contributed by atoms with Crippen LogP contribution in [0.2, 0.25) is 0 Å². The smallest absolute Gasteiger partial charge is 0.231 e. The van der Waals surface area contributed by atoms with Gasteiger partial charge in [0.1, 0.15) is 0 Å². The fourth-order valence-corrected chi connectivity index (χ4v) is 3.41. The number of carbonyl (C=O) groups excluding carboxylic acids is 1. The van der Waals surface area contributed by atoms with Gasteiger partial charge in [-0.05, 0) is 19.3 Å². The molecule has 1 aromatic heterocycles. The van der Waals surface area contributed by atoms with E-state index in [0.717, 1.165) is 30.4 Å². The molecule has 1 amide bonds. The molecule has 0 bridgehead atoms. The van der Waals surface area contributed by atoms with Gasteiger partial charge in [0.25, 0.3) is 0 Å². The first-order valence-electron chi connectivity index (χ1n) is 5.71. The van der Waals surface area contributed by atoms with Crippen molar-refractivity contribution in [3.05, 3.63) is 0 Å². The van der Waals surface area contributed by atoms with Crippen LogP contribution in [0.1, 0.15) is 19.3 Å². The van der Waals surface area contributed by atoms with Crippen LogP contribution >= 0.6 is 11.3 Å². The summed E-state index contributed by atoms with van der Waals surface area (Å²) in [7, 11) is -3.39. The molecule has 0 radical (unpaired) electrons. The zero-order valence-electron chi connectivity index (χ0n) is 10.3. The molecule has 0 aliphatic heterocycles. The van der Waals surface area contributed by atoms with Crippen molar-refractivity contribution in [2.75, 3.05) is 16.3 Å². The summed E-state index contributed by atoms with van der Waals surface area (Å²) in [6, 6.07) is 0.0765. The minimum atomic E-state index is -3.39. The minimum absolute atomic E-state index is 0.0765. The van der Waals surface area contributed by atoms with E-state index >= 15 is 0 Å². The molecule has 4 N–H and O–H groups in total. The predicted molar refractivity (Wildman–Crippen MR) is 72.3 cm³/mol. The number of rotatable bonds is 4. The summed E-state index contributed by atoms with van der Waals surface area (Å²) in [5, 5.41) is 10.4. The highest BCUT2D eigenvalue weighted by Gasteiger charge is 2.28. The highest BCUT2D eigenvalue weighted by molar-refractivity contribution is 7.92. The van der Waals surface area contributed by atoms with Gasteiger partial charge in [-0.2, -0.15) is 0 Å². The summed E-state index contributed by atoms with van der Waals surface area (Å²) >= 11 is 0.972. The van der Waals surface area contributed by atoms with E-state index in [1.807, 2.05) is 0 Å². The topological polar surface area (TPSA) is 127 Å². The Balaban J connectivity index is 1.94. The van der Waals surface area contributed by atoms with Gasteiger partial charge >= 0.3 is 0 Å². The summed E-state index contributed by atoms with van der Waals surface area (Å²) in [6.07, 6.45) is 3.29. The summed E-state index contributed by atoms with van der Waals surface area (Å²) < 4.78 is 24.2. The first kappa shape index (κ1) is 14.2. The summed E-state index contributed by atoms with van der Waals surface area (Å²) in [6.45, 7) is 0. The Bertz CT molecular complexity index is 570. The molecule has 2 atom stereocenters. The molecule has 1 aliphatic rings. The first-order valence-corrected chi connectivity index (χ1v) is 8.42. The number of nitrogens with zero attached hydrogens (tertiary/aromatic N) is 2. The number of nitrogens with two attached hydrogens (primary N) is 1. The SMILES string of the molecule is CS(=O)(=O)Nc1nnc(NC(=O)C2CCC(N)C2)s1. The van der Waals surface area contributed by atoms with E-state index in [2.05, 4.69) is 20.2 Å². The van der Waals surface area contributed by atoms with Gasteiger partial charge in [0, 0.05) is 12.0 Å². The largest absolute Gasteiger partial charge is 0.328 e. The number of amides is 1. The maximum absolute atomic E-state index is 11.9. The zero-order valence-corrected chi connectivity index (χ0v) is 11.9. The van der Waals surface area contributed by atoms with Gasteiger partial charge in [-0.25, -0.2) is 8.42 Å². The lowest BCUT2D eigenvalue weighted by atomic mass is 10.1. The Morgan fingerprint density at radius 2 is 2.05 bits per heavy atom. The van der Waals surface area contributed by atoms with Crippen LogP contribution in [0.3, 0.4) is 0 Å². The predicted octanol–water partition coefficient (Wildman–Crippen LogP) is -0.0245. The highest BCUT2D eigenvalue weighted by atomic mass is 32.2. The van der Waals surface area contributed by atoms with Gasteiger partial charge in [0.2, 0.25) is 26.2 Å². The van der Waals surface area contributed by atoms with Crippen molar-refractivity contribution in [2.24, 2.45) is 11.7 Å². The molecule has 2 unspecified atom stereocenters. The van der Waals surface area contributed by atoms with E-state index in [1.165, 1.54) is 0 Å². The lowest BCUT2D eigenvalue weighted by Gasteiger charge is -2.07. The average Bonchev–Trinajstić information content (AvgIpc) is 2.85. The summed E-state index contributed by atoms with van der Waals surface area (Å²) in [5.41, 5.74) is 5.75. The Kier molecular flexibility index (Phi) is 4.02. The molecule has 10 heteroatoms. The van der Waals surface area contributed by atoms with Crippen LogP contribution in [0.4, 0.5) is 10.3 Å². The maximum Gasteiger partial charge on any atom is 0.231 e. The normalized spacial score (nSPS) is 23.3. The third kappa shape index (κ3) is 4.11. The second-order valence-electron chi connectivity index (χ2n) is 4.55. The molecule has 1 aromatic rings. The second kappa shape index (κ2) is 5.39. The van der Waals surface area contributed by atoms with Crippen LogP contribution < -0.4 is 15.8 Å². The van der Waals surface area contributed by atoms with E-state index in [0.29, 0.717) is 6.42 Å². The number of nitrogens with one attached hydrogen (secondary N) is 2. The van der Waals surface area contributed by atoms with E-state index in [1.54, 1.807) is 0 Å². The third-order valence-corrected chi connectivity index (χ3v) is 4.22. The number of anilines is 2. The molecule has 0 spiro atoms. The van der Waals surface area contributed by atoms with Crippen LogP contribution in [-0.4, -0.2) is 36.8 Å². The van der Waals surface area contributed by atoms with Crippen molar-refractivity contribution in [1.82, 2.24) is 10.2 Å². The van der Waals surface area contributed by atoms with E-state index < -0.39 is 10.0 Å². The lowest BCUT2D eigenvalue weighted by molar-refractivity contribution is -0.119. The Labute approximate surface area is 114 Å². The van der Waals surface area contributed by atoms with E-state index in [4.69, 9.17) is 5.73 Å². The van der Waals surface area contributed by atoms with Crippen LogP contribution in [0, 0.1) is 5.92 Å². The van der Waals surface area contributed by atoms with Gasteiger partial charge in [0.05, 0.1) is 6.26 Å². The Morgan fingerprint density at radius 3 is 2.63 bits per heavy atom. The molecule has 0 saturated heterocycles. The molecule has 0 aromatic carbocycles. The molecule has 2 rings (SSSR count). The molecular formula is C9H15N5O3S2. The van der Waals surface area contributed by atoms with Gasteiger partial charge in [-0.3, -0.25) is 9.52 Å². The van der Waals surface area contributed by atoms with Crippen LogP contribution in [0.25, 0.3) is 0 Å². The quantitative estimate of drug-likeness (QED) is 0.717. The van der Waals surface area contributed by atoms with Crippen LogP contribution in [0.15, 0.2) is 0 Å². The molecule has 19 heavy (non-hydrogen) atoms. The number of carbonyl (C=O) groups is 1. The fraction of sp³-hybridized carbons (Fsp3) is 0.667. The highest BCUT2D eigenvalue weighted by Crippen LogP contribution is 2.27. The Hall–Kier alpha value is -1.26. The first-order chi connectivity index (χ1) is 8.83. The van der Waals surface area contributed by atoms with Crippen LogP contribution in [-0.2, 0) is 14.8 Å². The molecule has 1 aliphatic carbocycles. The summed E-state index contributed by atoms with van der Waals surface area (Å²) in [5.74, 6) is -0.250. The fourth-order valence-electron chi connectivity index (χ4n) is 1.94. The molecule has 106 valence electrons. The van der Waals surface area contributed by atoms with Gasteiger partial charge in [0.15, 0.2) is 0 Å². The molecule has 1 heterocycles. The second-order valence-corrected chi connectivity index (χ2v) is 7.27. The monoisotopic (exact) mass is 305 g/mol. The molecule has 1 fully saturated rings. The zero-order chi connectivity index (χ0) is 14.0. The number of sulfonamides is 1. The number of hydrogen-bond donors (Lipinski definition) is 3. The van der Waals surface area contributed by atoms with Crippen molar-refractivity contribution >= 4 is 37.5 Å². The standard InChI is InChI=1S/C9H15N5O3S2/c1-19(16,17)14-9-13-12-8(18-9)11-7(15)5-2-3-6(10)4-5/h5-6H,2-4,10H2,1H3,(H,13,14)(H,11,12,15). The third-order valence-electron chi connectivity index (χ3n) is 2.77. The number of aromatic nitrogens is 2. The maximum atomic E-state index is 11.9. The lowest BCUT2D eigenvalue weighted by Crippen LogP contribution is -2.23.